The van der Waals surface area contributed by atoms with E-state index in [0.29, 0.717) is 27.9 Å². The summed E-state index contributed by atoms with van der Waals surface area (Å²) in [6.07, 6.45) is 1.96. The van der Waals surface area contributed by atoms with Crippen molar-refractivity contribution in [3.05, 3.63) is 60.4 Å². The van der Waals surface area contributed by atoms with E-state index in [-0.39, 0.29) is 11.3 Å². The number of benzene rings is 2. The van der Waals surface area contributed by atoms with Gasteiger partial charge in [-0.15, -0.1) is 0 Å². The molecule has 0 aliphatic heterocycles. The molecule has 26 heavy (non-hydrogen) atoms. The third-order valence-corrected chi connectivity index (χ3v) is 4.04. The van der Waals surface area contributed by atoms with E-state index >= 15 is 0 Å². The average Bonchev–Trinajstić information content (AvgIpc) is 3.05. The van der Waals surface area contributed by atoms with E-state index in [2.05, 4.69) is 4.98 Å². The maximum Gasteiger partial charge on any atom is 0.415 e. The molecule has 0 radical (unpaired) electrons. The minimum Gasteiger partial charge on any atom is -0.506 e. The van der Waals surface area contributed by atoms with Crippen LogP contribution in [0.2, 0.25) is 0 Å². The van der Waals surface area contributed by atoms with Crippen molar-refractivity contribution in [2.24, 2.45) is 0 Å². The Morgan fingerprint density at radius 2 is 2.04 bits per heavy atom. The molecule has 2 aromatic carbocycles. The minimum absolute atomic E-state index is 0.129. The maximum atomic E-state index is 11.2. The fraction of sp³-hybridized carbons (Fsp3) is 0. The van der Waals surface area contributed by atoms with Gasteiger partial charge in [-0.3, -0.25) is 9.55 Å². The highest BCUT2D eigenvalue weighted by molar-refractivity contribution is 5.90. The van der Waals surface area contributed by atoms with Gasteiger partial charge in [0.15, 0.2) is 0 Å². The minimum atomic E-state index is -1.06. The molecule has 4 rings (SSSR count). The topological polar surface area (TPSA) is 108 Å². The number of ether oxygens (including phenoxy) is 1. The summed E-state index contributed by atoms with van der Waals surface area (Å²) < 4.78 is 7.05. The van der Waals surface area contributed by atoms with Crippen LogP contribution in [0, 0.1) is 11.3 Å². The Hall–Kier alpha value is -4.05. The molecule has 0 aliphatic carbocycles. The molecule has 0 amide bonds. The number of carboxylic acid groups (broad SMARTS) is 1. The van der Waals surface area contributed by atoms with Gasteiger partial charge in [0.25, 0.3) is 0 Å². The average molecular weight is 345 g/mol. The number of hydrogen-bond acceptors (Lipinski definition) is 5. The number of nitriles is 1. The summed E-state index contributed by atoms with van der Waals surface area (Å²) in [5.41, 5.74) is 1.18. The van der Waals surface area contributed by atoms with Crippen molar-refractivity contribution < 1.29 is 19.7 Å². The Labute approximate surface area is 146 Å². The van der Waals surface area contributed by atoms with E-state index in [9.17, 15) is 9.90 Å². The van der Waals surface area contributed by atoms with E-state index in [4.69, 9.17) is 15.1 Å². The first kappa shape index (κ1) is 15.5. The zero-order valence-electron chi connectivity index (χ0n) is 13.2. The highest BCUT2D eigenvalue weighted by Gasteiger charge is 2.11. The summed E-state index contributed by atoms with van der Waals surface area (Å²) >= 11 is 0. The summed E-state index contributed by atoms with van der Waals surface area (Å²) in [6.45, 7) is 0. The van der Waals surface area contributed by atoms with Gasteiger partial charge >= 0.3 is 6.09 Å². The molecule has 0 fully saturated rings. The van der Waals surface area contributed by atoms with Crippen molar-refractivity contribution in [2.75, 3.05) is 0 Å². The molecular formula is C19H11N3O4. The van der Waals surface area contributed by atoms with Crippen LogP contribution >= 0.6 is 0 Å². The molecule has 0 unspecified atom stereocenters. The maximum absolute atomic E-state index is 11.2. The second kappa shape index (κ2) is 5.79. The molecule has 0 spiro atoms. The summed E-state index contributed by atoms with van der Waals surface area (Å²) in [6, 6.07) is 13.3. The smallest absolute Gasteiger partial charge is 0.415 e. The lowest BCUT2D eigenvalue weighted by molar-refractivity contribution is 0.197. The Bertz CT molecular complexity index is 1220. The first-order valence-corrected chi connectivity index (χ1v) is 7.61. The lowest BCUT2D eigenvalue weighted by Gasteiger charge is -2.10. The third kappa shape index (κ3) is 2.46. The van der Waals surface area contributed by atoms with E-state index in [1.807, 2.05) is 6.07 Å². The Morgan fingerprint density at radius 1 is 1.19 bits per heavy atom. The lowest BCUT2D eigenvalue weighted by Crippen LogP contribution is -2.05. The number of aromatic nitrogens is 2. The van der Waals surface area contributed by atoms with Gasteiger partial charge in [-0.25, -0.2) is 4.79 Å². The fourth-order valence-electron chi connectivity index (χ4n) is 2.81. The molecule has 0 bridgehead atoms. The van der Waals surface area contributed by atoms with Crippen LogP contribution in [0.5, 0.6) is 17.2 Å². The van der Waals surface area contributed by atoms with Crippen molar-refractivity contribution in [3.8, 4) is 23.3 Å². The predicted molar refractivity (Wildman–Crippen MR) is 93.6 cm³/mol. The van der Waals surface area contributed by atoms with E-state index < -0.39 is 6.09 Å². The summed E-state index contributed by atoms with van der Waals surface area (Å²) in [7, 11) is 0. The lowest BCUT2D eigenvalue weighted by atomic mass is 10.1. The molecule has 0 saturated heterocycles. The molecule has 4 aromatic rings. The molecule has 0 saturated carbocycles. The van der Waals surface area contributed by atoms with Crippen molar-refractivity contribution in [1.29, 1.82) is 5.26 Å². The summed E-state index contributed by atoms with van der Waals surface area (Å²) in [5, 5.41) is 29.4. The van der Waals surface area contributed by atoms with Crippen LogP contribution in [-0.4, -0.2) is 25.9 Å². The van der Waals surface area contributed by atoms with Gasteiger partial charge in [-0.05, 0) is 36.4 Å². The van der Waals surface area contributed by atoms with Crippen LogP contribution in [-0.2, 0) is 0 Å². The zero-order chi connectivity index (χ0) is 18.3. The quantitative estimate of drug-likeness (QED) is 0.566. The first-order chi connectivity index (χ1) is 12.6. The largest absolute Gasteiger partial charge is 0.506 e. The van der Waals surface area contributed by atoms with Crippen LogP contribution in [0.4, 0.5) is 4.79 Å². The van der Waals surface area contributed by atoms with Gasteiger partial charge in [0.2, 0.25) is 0 Å². The number of fused-ring (bicyclic) bond motifs is 2. The number of hydrogen-bond donors (Lipinski definition) is 2. The van der Waals surface area contributed by atoms with E-state index in [1.54, 1.807) is 36.5 Å². The van der Waals surface area contributed by atoms with Gasteiger partial charge in [0.1, 0.15) is 23.3 Å². The SMILES string of the molecule is N#Cc1cc2c(Oc3ccc4c(ccn4C(=O)O)c3)ccnc2cc1O. The first-order valence-electron chi connectivity index (χ1n) is 7.61. The van der Waals surface area contributed by atoms with Gasteiger partial charge in [-0.2, -0.15) is 5.26 Å². The van der Waals surface area contributed by atoms with Crippen LogP contribution in [0.1, 0.15) is 5.56 Å². The molecule has 7 nitrogen and oxygen atoms in total. The van der Waals surface area contributed by atoms with Gasteiger partial charge < -0.3 is 14.9 Å². The Balaban J connectivity index is 1.79. The molecule has 0 atom stereocenters. The second-order valence-electron chi connectivity index (χ2n) is 5.60. The van der Waals surface area contributed by atoms with Gasteiger partial charge in [0.05, 0.1) is 16.6 Å². The molecule has 2 heterocycles. The Kier molecular flexibility index (Phi) is 3.45. The number of aromatic hydroxyl groups is 1. The monoisotopic (exact) mass is 345 g/mol. The normalized spacial score (nSPS) is 10.7. The fourth-order valence-corrected chi connectivity index (χ4v) is 2.81. The molecule has 2 N–H and O–H groups in total. The van der Waals surface area contributed by atoms with E-state index in [1.165, 1.54) is 18.3 Å². The predicted octanol–water partition coefficient (Wildman–Crippen LogP) is 4.09. The highest BCUT2D eigenvalue weighted by Crippen LogP contribution is 2.33. The second-order valence-corrected chi connectivity index (χ2v) is 5.60. The zero-order valence-corrected chi connectivity index (χ0v) is 13.2. The van der Waals surface area contributed by atoms with Crippen molar-refractivity contribution >= 4 is 27.9 Å². The third-order valence-electron chi connectivity index (χ3n) is 4.04. The van der Waals surface area contributed by atoms with Crippen molar-refractivity contribution in [1.82, 2.24) is 9.55 Å². The number of nitrogens with zero attached hydrogens (tertiary/aromatic N) is 3. The number of phenols is 1. The molecule has 7 heteroatoms. The van der Waals surface area contributed by atoms with Crippen LogP contribution in [0.3, 0.4) is 0 Å². The van der Waals surface area contributed by atoms with Crippen molar-refractivity contribution in [3.63, 3.8) is 0 Å². The molecule has 2 aromatic heterocycles. The Morgan fingerprint density at radius 3 is 2.81 bits per heavy atom. The summed E-state index contributed by atoms with van der Waals surface area (Å²) in [4.78, 5) is 15.3. The highest BCUT2D eigenvalue weighted by atomic mass is 16.5. The molecular weight excluding hydrogens is 334 g/mol. The number of phenolic OH excluding ortho intramolecular Hbond substituents is 1. The van der Waals surface area contributed by atoms with Crippen LogP contribution < -0.4 is 4.74 Å². The van der Waals surface area contributed by atoms with E-state index in [0.717, 1.165) is 9.95 Å². The molecule has 0 aliphatic rings. The number of rotatable bonds is 2. The number of pyridine rings is 1. The van der Waals surface area contributed by atoms with Gasteiger partial charge in [-0.1, -0.05) is 0 Å². The number of carbonyl (C=O) groups is 1. The van der Waals surface area contributed by atoms with Crippen LogP contribution in [0.25, 0.3) is 21.8 Å². The standard InChI is InChI=1S/C19H11N3O4/c20-10-12-8-14-15(9-17(12)23)21-5-3-18(14)26-13-1-2-16-11(7-13)4-6-22(16)19(24)25/h1-9,23H,(H,24,25). The van der Waals surface area contributed by atoms with Gasteiger partial charge in [0, 0.05) is 29.2 Å². The van der Waals surface area contributed by atoms with Crippen LogP contribution in [0.15, 0.2) is 54.9 Å². The van der Waals surface area contributed by atoms with Crippen molar-refractivity contribution in [2.45, 2.75) is 0 Å². The summed E-state index contributed by atoms with van der Waals surface area (Å²) in [5.74, 6) is 0.851. The molecule has 126 valence electrons.